The number of piperazine rings is 1. The molecule has 3 N–H and O–H groups in total. The van der Waals surface area contributed by atoms with Crippen molar-refractivity contribution in [1.29, 1.82) is 0 Å². The molecule has 0 radical (unpaired) electrons. The molecule has 1 amide bonds. The maximum Gasteiger partial charge on any atom is 0.376 e. The Bertz CT molecular complexity index is 697. The number of benzene rings is 1. The topological polar surface area (TPSA) is 95.6 Å². The molecule has 8 heteroatoms. The standard InChI is InChI=1S/C16H20BN5O2/c1-17(24)22-8-6-21(7-9-22)16(23)13-4-2-12(3-5-13)14-10-20-15(18)11-19-14/h2-5,10-11,24H,6-9H2,1H3,(H2,18,20). The number of nitrogens with zero attached hydrogens (tertiary/aromatic N) is 4. The summed E-state index contributed by atoms with van der Waals surface area (Å²) >= 11 is 0. The number of anilines is 1. The van der Waals surface area contributed by atoms with E-state index in [1.165, 1.54) is 6.20 Å². The number of aromatic nitrogens is 2. The molecule has 2 aromatic rings. The quantitative estimate of drug-likeness (QED) is 0.802. The second kappa shape index (κ2) is 6.98. The lowest BCUT2D eigenvalue weighted by Crippen LogP contribution is -2.52. The molecule has 0 bridgehead atoms. The van der Waals surface area contributed by atoms with E-state index >= 15 is 0 Å². The van der Waals surface area contributed by atoms with Crippen LogP contribution in [0.2, 0.25) is 6.82 Å². The molecular formula is C16H20BN5O2. The van der Waals surface area contributed by atoms with E-state index in [2.05, 4.69) is 9.97 Å². The van der Waals surface area contributed by atoms with Crippen molar-refractivity contribution in [2.45, 2.75) is 6.82 Å². The number of hydrogen-bond acceptors (Lipinski definition) is 6. The van der Waals surface area contributed by atoms with Gasteiger partial charge in [-0.2, -0.15) is 0 Å². The highest BCUT2D eigenvalue weighted by Gasteiger charge is 2.25. The van der Waals surface area contributed by atoms with Crippen molar-refractivity contribution in [2.75, 3.05) is 31.9 Å². The van der Waals surface area contributed by atoms with Gasteiger partial charge in [-0.05, 0) is 19.0 Å². The molecule has 7 nitrogen and oxygen atoms in total. The molecule has 1 saturated heterocycles. The Morgan fingerprint density at radius 2 is 1.79 bits per heavy atom. The smallest absolute Gasteiger partial charge is 0.376 e. The zero-order valence-electron chi connectivity index (χ0n) is 13.6. The van der Waals surface area contributed by atoms with Gasteiger partial charge in [-0.25, -0.2) is 4.98 Å². The van der Waals surface area contributed by atoms with E-state index in [-0.39, 0.29) is 5.91 Å². The average molecular weight is 325 g/mol. The molecular weight excluding hydrogens is 305 g/mol. The number of carbonyl (C=O) groups is 1. The van der Waals surface area contributed by atoms with Crippen molar-refractivity contribution in [3.63, 3.8) is 0 Å². The number of carbonyl (C=O) groups excluding carboxylic acids is 1. The van der Waals surface area contributed by atoms with Gasteiger partial charge in [0.25, 0.3) is 5.91 Å². The number of nitrogen functional groups attached to an aromatic ring is 1. The summed E-state index contributed by atoms with van der Waals surface area (Å²) in [6, 6.07) is 7.33. The van der Waals surface area contributed by atoms with Crippen LogP contribution in [0.4, 0.5) is 5.82 Å². The van der Waals surface area contributed by atoms with Crippen LogP contribution in [-0.2, 0) is 0 Å². The Balaban J connectivity index is 1.67. The monoisotopic (exact) mass is 325 g/mol. The van der Waals surface area contributed by atoms with Gasteiger partial charge in [0.15, 0.2) is 0 Å². The summed E-state index contributed by atoms with van der Waals surface area (Å²) in [7, 11) is -0.470. The van der Waals surface area contributed by atoms with E-state index < -0.39 is 7.05 Å². The van der Waals surface area contributed by atoms with Crippen LogP contribution in [0.1, 0.15) is 10.4 Å². The van der Waals surface area contributed by atoms with Gasteiger partial charge < -0.3 is 20.5 Å². The third-order valence-corrected chi connectivity index (χ3v) is 4.23. The fraction of sp³-hybridized carbons (Fsp3) is 0.312. The van der Waals surface area contributed by atoms with Gasteiger partial charge in [-0.1, -0.05) is 12.1 Å². The predicted molar refractivity (Wildman–Crippen MR) is 93.2 cm³/mol. The van der Waals surface area contributed by atoms with E-state index in [9.17, 15) is 9.82 Å². The van der Waals surface area contributed by atoms with E-state index in [4.69, 9.17) is 5.73 Å². The molecule has 3 rings (SSSR count). The summed E-state index contributed by atoms with van der Waals surface area (Å²) in [4.78, 5) is 24.6. The van der Waals surface area contributed by atoms with Crippen molar-refractivity contribution in [3.05, 3.63) is 42.2 Å². The van der Waals surface area contributed by atoms with Crippen molar-refractivity contribution >= 4 is 18.8 Å². The third kappa shape index (κ3) is 3.55. The summed E-state index contributed by atoms with van der Waals surface area (Å²) in [6.07, 6.45) is 3.12. The first-order chi connectivity index (χ1) is 11.5. The Morgan fingerprint density at radius 3 is 2.33 bits per heavy atom. The first-order valence-corrected chi connectivity index (χ1v) is 7.94. The van der Waals surface area contributed by atoms with Gasteiger partial charge >= 0.3 is 7.05 Å². The average Bonchev–Trinajstić information content (AvgIpc) is 2.62. The lowest BCUT2D eigenvalue weighted by Gasteiger charge is -2.35. The van der Waals surface area contributed by atoms with Gasteiger partial charge in [-0.15, -0.1) is 0 Å². The molecule has 1 aromatic carbocycles. The molecule has 0 aliphatic carbocycles. The molecule has 1 aromatic heterocycles. The SMILES string of the molecule is CB(O)N1CCN(C(=O)c2ccc(-c3cnc(N)cn3)cc2)CC1. The van der Waals surface area contributed by atoms with Crippen LogP contribution in [-0.4, -0.2) is 63.8 Å². The first kappa shape index (κ1) is 16.4. The number of rotatable bonds is 3. The molecule has 0 atom stereocenters. The van der Waals surface area contributed by atoms with Crippen LogP contribution in [0.25, 0.3) is 11.3 Å². The van der Waals surface area contributed by atoms with Crippen molar-refractivity contribution in [1.82, 2.24) is 19.7 Å². The van der Waals surface area contributed by atoms with Crippen LogP contribution < -0.4 is 5.73 Å². The summed E-state index contributed by atoms with van der Waals surface area (Å²) < 4.78 is 0. The Kier molecular flexibility index (Phi) is 4.77. The zero-order chi connectivity index (χ0) is 17.1. The van der Waals surface area contributed by atoms with Crippen LogP contribution >= 0.6 is 0 Å². The number of nitrogens with two attached hydrogens (primary N) is 1. The van der Waals surface area contributed by atoms with Crippen LogP contribution in [0.15, 0.2) is 36.7 Å². The fourth-order valence-electron chi connectivity index (χ4n) is 2.75. The van der Waals surface area contributed by atoms with Crippen molar-refractivity contribution < 1.29 is 9.82 Å². The minimum absolute atomic E-state index is 0.00943. The van der Waals surface area contributed by atoms with Crippen LogP contribution in [0, 0.1) is 0 Å². The Morgan fingerprint density at radius 1 is 1.12 bits per heavy atom. The molecule has 124 valence electrons. The molecule has 0 unspecified atom stereocenters. The van der Waals surface area contributed by atoms with E-state index in [0.29, 0.717) is 43.3 Å². The van der Waals surface area contributed by atoms with E-state index in [1.807, 2.05) is 21.8 Å². The lowest BCUT2D eigenvalue weighted by atomic mass is 9.84. The maximum absolute atomic E-state index is 12.6. The minimum Gasteiger partial charge on any atom is -0.437 e. The van der Waals surface area contributed by atoms with Gasteiger partial charge in [0.2, 0.25) is 0 Å². The molecule has 24 heavy (non-hydrogen) atoms. The number of hydrogen-bond donors (Lipinski definition) is 2. The van der Waals surface area contributed by atoms with Crippen molar-refractivity contribution in [3.8, 4) is 11.3 Å². The lowest BCUT2D eigenvalue weighted by molar-refractivity contribution is 0.0688. The van der Waals surface area contributed by atoms with Gasteiger partial charge in [0.1, 0.15) is 5.82 Å². The second-order valence-corrected chi connectivity index (χ2v) is 5.86. The van der Waals surface area contributed by atoms with Crippen LogP contribution in [0.3, 0.4) is 0 Å². The Labute approximate surface area is 141 Å². The molecule has 1 fully saturated rings. The van der Waals surface area contributed by atoms with Gasteiger partial charge in [-0.3, -0.25) is 9.78 Å². The summed E-state index contributed by atoms with van der Waals surface area (Å²) in [5.41, 5.74) is 7.79. The third-order valence-electron chi connectivity index (χ3n) is 4.23. The maximum atomic E-state index is 12.6. The van der Waals surface area contributed by atoms with Crippen molar-refractivity contribution in [2.24, 2.45) is 0 Å². The summed E-state index contributed by atoms with van der Waals surface area (Å²) in [5, 5.41) is 9.58. The molecule has 0 saturated carbocycles. The van der Waals surface area contributed by atoms with Gasteiger partial charge in [0.05, 0.1) is 18.1 Å². The molecule has 1 aliphatic heterocycles. The largest absolute Gasteiger partial charge is 0.437 e. The Hall–Kier alpha value is -2.45. The fourth-order valence-corrected chi connectivity index (χ4v) is 2.75. The summed E-state index contributed by atoms with van der Waals surface area (Å²) in [5.74, 6) is 0.386. The van der Waals surface area contributed by atoms with Gasteiger partial charge in [0, 0.05) is 37.3 Å². The van der Waals surface area contributed by atoms with Crippen LogP contribution in [0.5, 0.6) is 0 Å². The normalized spacial score (nSPS) is 15.3. The highest BCUT2D eigenvalue weighted by Crippen LogP contribution is 2.18. The number of amides is 1. The first-order valence-electron chi connectivity index (χ1n) is 7.94. The molecule has 2 heterocycles. The second-order valence-electron chi connectivity index (χ2n) is 5.86. The van der Waals surface area contributed by atoms with E-state index in [1.54, 1.807) is 25.2 Å². The zero-order valence-corrected chi connectivity index (χ0v) is 13.6. The highest BCUT2D eigenvalue weighted by atomic mass is 16.2. The highest BCUT2D eigenvalue weighted by molar-refractivity contribution is 6.45. The minimum atomic E-state index is -0.470. The predicted octanol–water partition coefficient (Wildman–Crippen LogP) is 0.594. The molecule has 1 aliphatic rings. The molecule has 0 spiro atoms. The van der Waals surface area contributed by atoms with E-state index in [0.717, 1.165) is 5.56 Å². The summed E-state index contributed by atoms with van der Waals surface area (Å²) in [6.45, 7) is 4.35.